The van der Waals surface area contributed by atoms with Gasteiger partial charge in [-0.3, -0.25) is 0 Å². The number of nitrogens with two attached hydrogens (primary N) is 1. The quantitative estimate of drug-likeness (QED) is 0.744. The van der Waals surface area contributed by atoms with Gasteiger partial charge in [-0.05, 0) is 18.1 Å². The van der Waals surface area contributed by atoms with Crippen LogP contribution in [0.1, 0.15) is 25.3 Å². The zero-order valence-electron chi connectivity index (χ0n) is 8.10. The number of hydrogen-bond acceptors (Lipinski definition) is 2. The van der Waals surface area contributed by atoms with Gasteiger partial charge < -0.3 is 10.5 Å². The minimum Gasteiger partial charge on any atom is -0.494 e. The third-order valence-corrected chi connectivity index (χ3v) is 2.16. The molecule has 0 fully saturated rings. The molecule has 1 rings (SSSR count). The van der Waals surface area contributed by atoms with Crippen LogP contribution in [0.4, 0.5) is 5.69 Å². The molecule has 0 saturated carbocycles. The third-order valence-electron chi connectivity index (χ3n) is 1.94. The first-order valence-corrected chi connectivity index (χ1v) is 4.57. The van der Waals surface area contributed by atoms with Crippen molar-refractivity contribution in [2.45, 2.75) is 19.8 Å². The molecule has 0 unspecified atom stereocenters. The van der Waals surface area contributed by atoms with E-state index in [-0.39, 0.29) is 0 Å². The van der Waals surface area contributed by atoms with Crippen LogP contribution in [0.2, 0.25) is 5.02 Å². The van der Waals surface area contributed by atoms with Gasteiger partial charge in [0, 0.05) is 10.6 Å². The smallest absolute Gasteiger partial charge is 0.145 e. The number of methoxy groups -OCH3 is 1. The van der Waals surface area contributed by atoms with Crippen LogP contribution in [0.3, 0.4) is 0 Å². The van der Waals surface area contributed by atoms with Crippen molar-refractivity contribution >= 4 is 17.3 Å². The Kier molecular flexibility index (Phi) is 3.04. The van der Waals surface area contributed by atoms with Crippen LogP contribution in [0.25, 0.3) is 0 Å². The average Bonchev–Trinajstić information content (AvgIpc) is 2.02. The molecule has 0 aliphatic heterocycles. The second kappa shape index (κ2) is 3.88. The SMILES string of the molecule is COc1c(N)cc(Cl)cc1C(C)C. The van der Waals surface area contributed by atoms with Crippen LogP contribution in [0, 0.1) is 0 Å². The van der Waals surface area contributed by atoms with E-state index in [4.69, 9.17) is 22.1 Å². The van der Waals surface area contributed by atoms with Crippen molar-refractivity contribution in [3.05, 3.63) is 22.7 Å². The standard InChI is InChI=1S/C10H14ClNO/c1-6(2)8-4-7(11)5-9(12)10(8)13-3/h4-6H,12H2,1-3H3. The van der Waals surface area contributed by atoms with Crippen LogP contribution in [-0.4, -0.2) is 7.11 Å². The molecule has 0 atom stereocenters. The van der Waals surface area contributed by atoms with E-state index >= 15 is 0 Å². The number of halogens is 1. The van der Waals surface area contributed by atoms with E-state index in [0.717, 1.165) is 11.3 Å². The van der Waals surface area contributed by atoms with Gasteiger partial charge in [-0.1, -0.05) is 25.4 Å². The van der Waals surface area contributed by atoms with E-state index in [9.17, 15) is 0 Å². The van der Waals surface area contributed by atoms with E-state index in [2.05, 4.69) is 13.8 Å². The minimum atomic E-state index is 0.357. The normalized spacial score (nSPS) is 10.5. The summed E-state index contributed by atoms with van der Waals surface area (Å²) in [6.07, 6.45) is 0. The maximum Gasteiger partial charge on any atom is 0.145 e. The number of nitrogen functional groups attached to an aromatic ring is 1. The van der Waals surface area contributed by atoms with Crippen molar-refractivity contribution in [3.63, 3.8) is 0 Å². The molecule has 72 valence electrons. The topological polar surface area (TPSA) is 35.2 Å². The van der Waals surface area contributed by atoms with Crippen LogP contribution < -0.4 is 10.5 Å². The van der Waals surface area contributed by atoms with E-state index < -0.39 is 0 Å². The lowest BCUT2D eigenvalue weighted by atomic mass is 10.0. The summed E-state index contributed by atoms with van der Waals surface area (Å²) in [6, 6.07) is 3.59. The molecule has 0 aliphatic rings. The molecule has 0 heterocycles. The molecule has 0 amide bonds. The Morgan fingerprint density at radius 1 is 1.38 bits per heavy atom. The Labute approximate surface area is 83.6 Å². The molecule has 1 aromatic rings. The highest BCUT2D eigenvalue weighted by Gasteiger charge is 2.11. The number of anilines is 1. The molecule has 2 nitrogen and oxygen atoms in total. The average molecular weight is 200 g/mol. The molecular weight excluding hydrogens is 186 g/mol. The van der Waals surface area contributed by atoms with Crippen molar-refractivity contribution < 1.29 is 4.74 Å². The van der Waals surface area contributed by atoms with Gasteiger partial charge in [-0.25, -0.2) is 0 Å². The lowest BCUT2D eigenvalue weighted by molar-refractivity contribution is 0.410. The molecule has 0 bridgehead atoms. The minimum absolute atomic E-state index is 0.357. The Balaban J connectivity index is 3.29. The van der Waals surface area contributed by atoms with E-state index in [0.29, 0.717) is 16.6 Å². The van der Waals surface area contributed by atoms with Gasteiger partial charge in [-0.15, -0.1) is 0 Å². The third kappa shape index (κ3) is 2.07. The molecule has 0 saturated heterocycles. The van der Waals surface area contributed by atoms with Gasteiger partial charge in [0.25, 0.3) is 0 Å². The summed E-state index contributed by atoms with van der Waals surface area (Å²) in [4.78, 5) is 0. The van der Waals surface area contributed by atoms with Crippen molar-refractivity contribution in [2.24, 2.45) is 0 Å². The molecule has 0 aliphatic carbocycles. The molecule has 0 spiro atoms. The van der Waals surface area contributed by atoms with Gasteiger partial charge in [0.1, 0.15) is 5.75 Å². The predicted molar refractivity (Wildman–Crippen MR) is 56.5 cm³/mol. The fourth-order valence-corrected chi connectivity index (χ4v) is 1.54. The van der Waals surface area contributed by atoms with E-state index in [1.807, 2.05) is 6.07 Å². The highest BCUT2D eigenvalue weighted by Crippen LogP contribution is 2.34. The number of ether oxygens (including phenoxy) is 1. The predicted octanol–water partition coefficient (Wildman–Crippen LogP) is 3.05. The fourth-order valence-electron chi connectivity index (χ4n) is 1.30. The first kappa shape index (κ1) is 10.2. The summed E-state index contributed by atoms with van der Waals surface area (Å²) >= 11 is 5.89. The Hall–Kier alpha value is -0.890. The maximum atomic E-state index is 5.89. The largest absolute Gasteiger partial charge is 0.494 e. The summed E-state index contributed by atoms with van der Waals surface area (Å²) < 4.78 is 5.21. The number of benzene rings is 1. The Bertz CT molecular complexity index is 310. The van der Waals surface area contributed by atoms with Crippen LogP contribution in [0.15, 0.2) is 12.1 Å². The maximum absolute atomic E-state index is 5.89. The second-order valence-electron chi connectivity index (χ2n) is 3.27. The highest BCUT2D eigenvalue weighted by atomic mass is 35.5. The summed E-state index contributed by atoms with van der Waals surface area (Å²) in [7, 11) is 1.62. The van der Waals surface area contributed by atoms with Crippen molar-refractivity contribution in [2.75, 3.05) is 12.8 Å². The van der Waals surface area contributed by atoms with Gasteiger partial charge in [0.05, 0.1) is 12.8 Å². The van der Waals surface area contributed by atoms with Crippen LogP contribution in [-0.2, 0) is 0 Å². The van der Waals surface area contributed by atoms with E-state index in [1.54, 1.807) is 13.2 Å². The van der Waals surface area contributed by atoms with Crippen LogP contribution in [0.5, 0.6) is 5.75 Å². The Morgan fingerprint density at radius 3 is 2.46 bits per heavy atom. The summed E-state index contributed by atoms with van der Waals surface area (Å²) in [5.74, 6) is 1.09. The molecular formula is C10H14ClNO. The van der Waals surface area contributed by atoms with Gasteiger partial charge in [-0.2, -0.15) is 0 Å². The molecule has 0 radical (unpaired) electrons. The van der Waals surface area contributed by atoms with Crippen molar-refractivity contribution in [1.82, 2.24) is 0 Å². The molecule has 0 aromatic heterocycles. The first-order valence-electron chi connectivity index (χ1n) is 4.19. The van der Waals surface area contributed by atoms with Gasteiger partial charge in [0.2, 0.25) is 0 Å². The fraction of sp³-hybridized carbons (Fsp3) is 0.400. The lowest BCUT2D eigenvalue weighted by Crippen LogP contribution is -1.99. The van der Waals surface area contributed by atoms with E-state index in [1.165, 1.54) is 0 Å². The van der Waals surface area contributed by atoms with Crippen molar-refractivity contribution in [1.29, 1.82) is 0 Å². The Morgan fingerprint density at radius 2 is 2.00 bits per heavy atom. The van der Waals surface area contributed by atoms with Crippen LogP contribution >= 0.6 is 11.6 Å². The summed E-state index contributed by atoms with van der Waals surface area (Å²) in [5, 5.41) is 0.655. The summed E-state index contributed by atoms with van der Waals surface area (Å²) in [6.45, 7) is 4.15. The first-order chi connectivity index (χ1) is 6.06. The molecule has 2 N–H and O–H groups in total. The van der Waals surface area contributed by atoms with Crippen molar-refractivity contribution in [3.8, 4) is 5.75 Å². The van der Waals surface area contributed by atoms with Gasteiger partial charge in [0.15, 0.2) is 0 Å². The number of hydrogen-bond donors (Lipinski definition) is 1. The zero-order valence-corrected chi connectivity index (χ0v) is 8.85. The second-order valence-corrected chi connectivity index (χ2v) is 3.71. The molecule has 1 aromatic carbocycles. The lowest BCUT2D eigenvalue weighted by Gasteiger charge is -2.14. The monoisotopic (exact) mass is 199 g/mol. The zero-order chi connectivity index (χ0) is 10.0. The highest BCUT2D eigenvalue weighted by molar-refractivity contribution is 6.31. The number of rotatable bonds is 2. The molecule has 13 heavy (non-hydrogen) atoms. The summed E-state index contributed by atoms with van der Waals surface area (Å²) in [5.41, 5.74) is 7.41. The van der Waals surface area contributed by atoms with Gasteiger partial charge >= 0.3 is 0 Å². The molecule has 3 heteroatoms.